The summed E-state index contributed by atoms with van der Waals surface area (Å²) in [5, 5.41) is 17.0. The molecule has 1 aliphatic rings. The van der Waals surface area contributed by atoms with Crippen molar-refractivity contribution in [3.63, 3.8) is 0 Å². The van der Waals surface area contributed by atoms with Gasteiger partial charge in [0.05, 0.1) is 19.8 Å². The topological polar surface area (TPSA) is 106 Å². The van der Waals surface area contributed by atoms with Crippen LogP contribution in [0.2, 0.25) is 0 Å². The molecule has 0 bridgehead atoms. The Balaban J connectivity index is 1.71. The number of aromatic nitrogens is 4. The molecule has 3 aromatic rings. The zero-order chi connectivity index (χ0) is 20.4. The molecule has 0 saturated carbocycles. The average Bonchev–Trinajstić information content (AvgIpc) is 3.33. The summed E-state index contributed by atoms with van der Waals surface area (Å²) in [6.07, 6.45) is 6.25. The van der Waals surface area contributed by atoms with E-state index < -0.39 is 0 Å². The minimum absolute atomic E-state index is 0.0981. The van der Waals surface area contributed by atoms with Gasteiger partial charge in [0.2, 0.25) is 5.91 Å². The second-order valence-electron chi connectivity index (χ2n) is 6.54. The molecule has 1 fully saturated rings. The first-order valence-corrected chi connectivity index (χ1v) is 10.7. The van der Waals surface area contributed by atoms with E-state index in [2.05, 4.69) is 42.4 Å². The number of carbonyl (C=O) groups is 1. The lowest BCUT2D eigenvalue weighted by atomic mass is 10.1. The molecule has 8 nitrogen and oxygen atoms in total. The summed E-state index contributed by atoms with van der Waals surface area (Å²) in [7, 11) is 0. The second-order valence-corrected chi connectivity index (χ2v) is 8.36. The minimum Gasteiger partial charge on any atom is -0.356 e. The number of hydrogen-bond donors (Lipinski definition) is 1. The maximum absolute atomic E-state index is 11.3. The fraction of sp³-hybridized carbons (Fsp3) is 0.316. The van der Waals surface area contributed by atoms with E-state index >= 15 is 0 Å². The highest BCUT2D eigenvalue weighted by atomic mass is 79.9. The minimum atomic E-state index is -0.206. The number of amides is 1. The number of nitrogens with zero attached hydrogens (tertiary/aromatic N) is 5. The van der Waals surface area contributed by atoms with Gasteiger partial charge in [-0.2, -0.15) is 5.26 Å². The van der Waals surface area contributed by atoms with Crippen LogP contribution < -0.4 is 5.32 Å². The van der Waals surface area contributed by atoms with Crippen LogP contribution in [0.3, 0.4) is 0 Å². The molecule has 0 aliphatic carbocycles. The highest BCUT2D eigenvalue weighted by Gasteiger charge is 2.23. The van der Waals surface area contributed by atoms with Gasteiger partial charge in [0.1, 0.15) is 18.2 Å². The molecule has 10 heteroatoms. The fourth-order valence-electron chi connectivity index (χ4n) is 3.13. The van der Waals surface area contributed by atoms with Crippen molar-refractivity contribution in [1.82, 2.24) is 19.7 Å². The van der Waals surface area contributed by atoms with E-state index in [1.165, 1.54) is 18.3 Å². The van der Waals surface area contributed by atoms with Crippen LogP contribution in [0.15, 0.2) is 29.1 Å². The third-order valence-corrected chi connectivity index (χ3v) is 6.74. The number of nitrogens with one attached hydrogen (secondary N) is 1. The Morgan fingerprint density at radius 1 is 1.41 bits per heavy atom. The number of pyridine rings is 1. The third kappa shape index (κ3) is 4.07. The van der Waals surface area contributed by atoms with Crippen LogP contribution in [0, 0.1) is 11.3 Å². The monoisotopic (exact) mass is 472 g/mol. The first-order valence-electron chi connectivity index (χ1n) is 9.06. The molecule has 1 N–H and O–H groups in total. The highest BCUT2D eigenvalue weighted by molar-refractivity contribution is 9.10. The lowest BCUT2D eigenvalue weighted by Gasteiger charge is -2.21. The molecule has 0 radical (unpaired) electrons. The molecule has 4 rings (SSSR count). The summed E-state index contributed by atoms with van der Waals surface area (Å²) in [4.78, 5) is 21.4. The molecule has 1 aliphatic heterocycles. The van der Waals surface area contributed by atoms with Gasteiger partial charge in [0.25, 0.3) is 0 Å². The van der Waals surface area contributed by atoms with E-state index in [-0.39, 0.29) is 12.1 Å². The highest BCUT2D eigenvalue weighted by Crippen LogP contribution is 2.44. The van der Waals surface area contributed by atoms with Gasteiger partial charge in [-0.1, -0.05) is 0 Å². The van der Waals surface area contributed by atoms with Crippen LogP contribution in [-0.2, 0) is 9.53 Å². The van der Waals surface area contributed by atoms with Crippen molar-refractivity contribution in [2.75, 3.05) is 11.9 Å². The smallest absolute Gasteiger partial charge is 0.222 e. The van der Waals surface area contributed by atoms with Gasteiger partial charge in [-0.3, -0.25) is 4.79 Å². The summed E-state index contributed by atoms with van der Waals surface area (Å²) in [5.74, 6) is 0.764. The van der Waals surface area contributed by atoms with Crippen LogP contribution in [0.4, 0.5) is 5.82 Å². The van der Waals surface area contributed by atoms with E-state index in [1.807, 2.05) is 0 Å². The molecule has 148 valence electrons. The maximum atomic E-state index is 11.3. The Bertz CT molecular complexity index is 1100. The lowest BCUT2D eigenvalue weighted by molar-refractivity contribution is -0.114. The van der Waals surface area contributed by atoms with Crippen LogP contribution >= 0.6 is 27.3 Å². The van der Waals surface area contributed by atoms with Crippen LogP contribution in [0.25, 0.3) is 21.1 Å². The van der Waals surface area contributed by atoms with Gasteiger partial charge in [-0.15, -0.1) is 16.4 Å². The van der Waals surface area contributed by atoms with Crippen molar-refractivity contribution in [2.45, 2.75) is 32.4 Å². The van der Waals surface area contributed by atoms with Gasteiger partial charge in [-0.25, -0.2) is 14.6 Å². The van der Waals surface area contributed by atoms with E-state index in [9.17, 15) is 10.1 Å². The van der Waals surface area contributed by atoms with E-state index in [0.717, 1.165) is 41.2 Å². The van der Waals surface area contributed by atoms with Gasteiger partial charge in [-0.05, 0) is 52.9 Å². The molecule has 0 spiro atoms. The van der Waals surface area contributed by atoms with E-state index in [4.69, 9.17) is 4.74 Å². The predicted molar refractivity (Wildman–Crippen MR) is 112 cm³/mol. The number of rotatable bonds is 4. The molecule has 1 unspecified atom stereocenters. The molecule has 1 saturated heterocycles. The molecule has 0 aromatic carbocycles. The molecular formula is C19H17BrN6O2S. The van der Waals surface area contributed by atoms with Gasteiger partial charge in [0, 0.05) is 19.7 Å². The molecule has 3 aromatic heterocycles. The first kappa shape index (κ1) is 19.7. The summed E-state index contributed by atoms with van der Waals surface area (Å²) in [5.41, 5.74) is 1.28. The van der Waals surface area contributed by atoms with Crippen molar-refractivity contribution in [3.05, 3.63) is 34.7 Å². The summed E-state index contributed by atoms with van der Waals surface area (Å²) < 4.78 is 8.16. The van der Waals surface area contributed by atoms with Crippen LogP contribution in [-0.4, -0.2) is 32.3 Å². The summed E-state index contributed by atoms with van der Waals surface area (Å²) in [6.45, 7) is 2.15. The van der Waals surface area contributed by atoms with Gasteiger partial charge < -0.3 is 10.1 Å². The zero-order valence-corrected chi connectivity index (χ0v) is 18.0. The average molecular weight is 473 g/mol. The first-order chi connectivity index (χ1) is 14.1. The fourth-order valence-corrected chi connectivity index (χ4v) is 5.04. The number of carbonyl (C=O) groups excluding carboxylic acids is 1. The Morgan fingerprint density at radius 2 is 2.28 bits per heavy atom. The third-order valence-electron chi connectivity index (χ3n) is 4.45. The number of halogens is 1. The quantitative estimate of drug-likeness (QED) is 0.604. The second kappa shape index (κ2) is 8.41. The van der Waals surface area contributed by atoms with Crippen LogP contribution in [0.1, 0.15) is 38.0 Å². The normalized spacial score (nSPS) is 16.4. The Kier molecular flexibility index (Phi) is 5.71. The largest absolute Gasteiger partial charge is 0.356 e. The van der Waals surface area contributed by atoms with Gasteiger partial charge >= 0.3 is 0 Å². The predicted octanol–water partition coefficient (Wildman–Crippen LogP) is 4.36. The van der Waals surface area contributed by atoms with Crippen LogP contribution in [0.5, 0.6) is 0 Å². The Morgan fingerprint density at radius 3 is 3.00 bits per heavy atom. The molecule has 1 atom stereocenters. The number of anilines is 1. The number of ether oxygens (including phenoxy) is 1. The lowest BCUT2D eigenvalue weighted by Crippen LogP contribution is -2.18. The SMILES string of the molecule is CC(=O)Nc1cc(-c2sc(-c3ncn(C4CCCCO4)n3)c(Br)c2C#N)ccn1. The Hall–Kier alpha value is -2.61. The Labute approximate surface area is 179 Å². The van der Waals surface area contributed by atoms with Crippen molar-refractivity contribution < 1.29 is 9.53 Å². The summed E-state index contributed by atoms with van der Waals surface area (Å²) >= 11 is 4.96. The molecule has 4 heterocycles. The van der Waals surface area contributed by atoms with Crippen molar-refractivity contribution in [3.8, 4) is 27.2 Å². The van der Waals surface area contributed by atoms with Crippen molar-refractivity contribution >= 4 is 39.0 Å². The number of nitriles is 1. The standard InChI is InChI=1S/C19H17BrN6O2S/c1-11(27)24-14-8-12(5-6-22-14)17-13(9-21)16(20)18(29-17)19-23-10-26(25-19)15-4-2-3-7-28-15/h5-6,8,10,15H,2-4,7H2,1H3,(H,22,24,27). The molecule has 29 heavy (non-hydrogen) atoms. The molecule has 1 amide bonds. The van der Waals surface area contributed by atoms with Crippen molar-refractivity contribution in [2.24, 2.45) is 0 Å². The summed E-state index contributed by atoms with van der Waals surface area (Å²) in [6, 6.07) is 5.80. The van der Waals surface area contributed by atoms with E-state index in [1.54, 1.807) is 29.3 Å². The van der Waals surface area contributed by atoms with Crippen molar-refractivity contribution in [1.29, 1.82) is 5.26 Å². The number of thiophene rings is 1. The maximum Gasteiger partial charge on any atom is 0.222 e. The van der Waals surface area contributed by atoms with Gasteiger partial charge in [0.15, 0.2) is 12.1 Å². The number of hydrogen-bond acceptors (Lipinski definition) is 7. The van der Waals surface area contributed by atoms with E-state index in [0.29, 0.717) is 21.7 Å². The zero-order valence-electron chi connectivity index (χ0n) is 15.6. The molecular weight excluding hydrogens is 456 g/mol.